The molecule has 1 N–H and O–H groups in total. The molecule has 2 heteroatoms. The van der Waals surface area contributed by atoms with E-state index in [0.29, 0.717) is 0 Å². The van der Waals surface area contributed by atoms with Gasteiger partial charge in [0.2, 0.25) is 0 Å². The van der Waals surface area contributed by atoms with Crippen LogP contribution in [0, 0.1) is 11.8 Å². The largest absolute Gasteiger partial charge is 0.371 e. The number of hydrogen-bond acceptors (Lipinski definition) is 2. The molecule has 0 spiro atoms. The predicted molar refractivity (Wildman–Crippen MR) is 89.7 cm³/mol. The van der Waals surface area contributed by atoms with Gasteiger partial charge in [-0.05, 0) is 72.9 Å². The molecule has 4 rings (SSSR count). The zero-order valence-corrected chi connectivity index (χ0v) is 13.2. The standard InChI is InChI=1S/C19H26N2/c1-13-11-17-12-16(14-7-9-20-10-8-14)5-6-18(17)21(2)19(13)15-3-4-15/h5-7,12-13,15,19-20H,3-4,8-11H2,1-2H3/t13-,19-/m1/s1. The lowest BCUT2D eigenvalue weighted by Gasteiger charge is -2.41. The highest BCUT2D eigenvalue weighted by Crippen LogP contribution is 2.44. The lowest BCUT2D eigenvalue weighted by molar-refractivity contribution is 0.381. The highest BCUT2D eigenvalue weighted by Gasteiger charge is 2.40. The first-order chi connectivity index (χ1) is 10.2. The maximum atomic E-state index is 3.40. The predicted octanol–water partition coefficient (Wildman–Crippen LogP) is 3.47. The molecule has 0 bridgehead atoms. The first kappa shape index (κ1) is 13.4. The number of anilines is 1. The zero-order valence-electron chi connectivity index (χ0n) is 13.2. The smallest absolute Gasteiger partial charge is 0.0399 e. The molecule has 0 radical (unpaired) electrons. The first-order valence-corrected chi connectivity index (χ1v) is 8.50. The molecule has 2 heterocycles. The van der Waals surface area contributed by atoms with E-state index in [9.17, 15) is 0 Å². The molecule has 1 fully saturated rings. The average Bonchev–Trinajstić information content (AvgIpc) is 3.32. The summed E-state index contributed by atoms with van der Waals surface area (Å²) in [6.07, 6.45) is 7.64. The van der Waals surface area contributed by atoms with Crippen LogP contribution in [0.2, 0.25) is 0 Å². The number of rotatable bonds is 2. The number of nitrogens with one attached hydrogen (secondary N) is 1. The molecule has 0 amide bonds. The van der Waals surface area contributed by atoms with Gasteiger partial charge < -0.3 is 10.2 Å². The molecule has 1 aromatic rings. The third-order valence-electron chi connectivity index (χ3n) is 5.57. The average molecular weight is 282 g/mol. The zero-order chi connectivity index (χ0) is 14.4. The summed E-state index contributed by atoms with van der Waals surface area (Å²) >= 11 is 0. The van der Waals surface area contributed by atoms with E-state index in [2.05, 4.69) is 48.5 Å². The molecule has 1 aliphatic carbocycles. The second-order valence-electron chi connectivity index (χ2n) is 7.15. The Morgan fingerprint density at radius 1 is 1.24 bits per heavy atom. The van der Waals surface area contributed by atoms with Crippen LogP contribution < -0.4 is 10.2 Å². The van der Waals surface area contributed by atoms with Crippen LogP contribution >= 0.6 is 0 Å². The monoisotopic (exact) mass is 282 g/mol. The Bertz CT molecular complexity index is 571. The number of nitrogens with zero attached hydrogens (tertiary/aromatic N) is 1. The molecule has 0 unspecified atom stereocenters. The van der Waals surface area contributed by atoms with Gasteiger partial charge in [-0.2, -0.15) is 0 Å². The van der Waals surface area contributed by atoms with Crippen LogP contribution in [0.5, 0.6) is 0 Å². The molecule has 2 aliphatic heterocycles. The van der Waals surface area contributed by atoms with Gasteiger partial charge in [-0.1, -0.05) is 19.1 Å². The second kappa shape index (κ2) is 5.17. The quantitative estimate of drug-likeness (QED) is 0.893. The summed E-state index contributed by atoms with van der Waals surface area (Å²) in [5.74, 6) is 1.73. The van der Waals surface area contributed by atoms with Crippen molar-refractivity contribution in [1.82, 2.24) is 5.32 Å². The Hall–Kier alpha value is -1.28. The van der Waals surface area contributed by atoms with Gasteiger partial charge in [-0.15, -0.1) is 0 Å². The fraction of sp³-hybridized carbons (Fsp3) is 0.579. The Labute approximate surface area is 128 Å². The minimum atomic E-state index is 0.765. The van der Waals surface area contributed by atoms with Crippen molar-refractivity contribution in [3.63, 3.8) is 0 Å². The molecule has 0 saturated heterocycles. The van der Waals surface area contributed by atoms with Crippen LogP contribution in [0.1, 0.15) is 37.3 Å². The van der Waals surface area contributed by atoms with Gasteiger partial charge >= 0.3 is 0 Å². The number of benzene rings is 1. The normalized spacial score (nSPS) is 29.0. The molecular weight excluding hydrogens is 256 g/mol. The van der Waals surface area contributed by atoms with Gasteiger partial charge in [0.15, 0.2) is 0 Å². The Morgan fingerprint density at radius 2 is 2.10 bits per heavy atom. The maximum Gasteiger partial charge on any atom is 0.0399 e. The summed E-state index contributed by atoms with van der Waals surface area (Å²) < 4.78 is 0. The molecule has 2 nitrogen and oxygen atoms in total. The summed E-state index contributed by atoms with van der Waals surface area (Å²) in [4.78, 5) is 2.57. The molecule has 21 heavy (non-hydrogen) atoms. The third-order valence-corrected chi connectivity index (χ3v) is 5.57. The minimum absolute atomic E-state index is 0.765. The Morgan fingerprint density at radius 3 is 2.81 bits per heavy atom. The maximum absolute atomic E-state index is 3.40. The summed E-state index contributed by atoms with van der Waals surface area (Å²) in [6.45, 7) is 4.58. The van der Waals surface area contributed by atoms with Gasteiger partial charge in [-0.25, -0.2) is 0 Å². The van der Waals surface area contributed by atoms with Gasteiger partial charge in [0.25, 0.3) is 0 Å². The van der Waals surface area contributed by atoms with Crippen LogP contribution in [0.25, 0.3) is 5.57 Å². The van der Waals surface area contributed by atoms with Crippen LogP contribution in [0.15, 0.2) is 24.3 Å². The van der Waals surface area contributed by atoms with Crippen molar-refractivity contribution < 1.29 is 0 Å². The van der Waals surface area contributed by atoms with E-state index in [1.807, 2.05) is 0 Å². The minimum Gasteiger partial charge on any atom is -0.371 e. The summed E-state index contributed by atoms with van der Waals surface area (Å²) in [5, 5.41) is 3.40. The fourth-order valence-electron chi connectivity index (χ4n) is 4.41. The molecule has 112 valence electrons. The molecular formula is C19H26N2. The lowest BCUT2D eigenvalue weighted by atomic mass is 9.83. The van der Waals surface area contributed by atoms with Gasteiger partial charge in [0.1, 0.15) is 0 Å². The Balaban J connectivity index is 1.66. The van der Waals surface area contributed by atoms with E-state index in [4.69, 9.17) is 0 Å². The van der Waals surface area contributed by atoms with Crippen molar-refractivity contribution in [1.29, 1.82) is 0 Å². The first-order valence-electron chi connectivity index (χ1n) is 8.50. The van der Waals surface area contributed by atoms with Crippen molar-refractivity contribution in [2.24, 2.45) is 11.8 Å². The van der Waals surface area contributed by atoms with Crippen molar-refractivity contribution in [3.8, 4) is 0 Å². The fourth-order valence-corrected chi connectivity index (χ4v) is 4.41. The van der Waals surface area contributed by atoms with E-state index < -0.39 is 0 Å². The van der Waals surface area contributed by atoms with Crippen molar-refractivity contribution in [3.05, 3.63) is 35.4 Å². The van der Waals surface area contributed by atoms with Gasteiger partial charge in [0.05, 0.1) is 0 Å². The highest BCUT2D eigenvalue weighted by molar-refractivity contribution is 5.71. The van der Waals surface area contributed by atoms with Crippen LogP contribution in [0.3, 0.4) is 0 Å². The van der Waals surface area contributed by atoms with Gasteiger partial charge in [-0.3, -0.25) is 0 Å². The van der Waals surface area contributed by atoms with Crippen molar-refractivity contribution in [2.45, 2.75) is 38.6 Å². The Kier molecular flexibility index (Phi) is 3.30. The second-order valence-corrected chi connectivity index (χ2v) is 7.15. The van der Waals surface area contributed by atoms with E-state index >= 15 is 0 Å². The number of hydrogen-bond donors (Lipinski definition) is 1. The number of fused-ring (bicyclic) bond motifs is 1. The van der Waals surface area contributed by atoms with Crippen LogP contribution in [-0.2, 0) is 6.42 Å². The summed E-state index contributed by atoms with van der Waals surface area (Å²) in [5.41, 5.74) is 6.00. The highest BCUT2D eigenvalue weighted by atomic mass is 15.2. The van der Waals surface area contributed by atoms with E-state index in [0.717, 1.165) is 37.4 Å². The van der Waals surface area contributed by atoms with Crippen LogP contribution in [0.4, 0.5) is 5.69 Å². The molecule has 0 aromatic heterocycles. The molecule has 1 saturated carbocycles. The van der Waals surface area contributed by atoms with E-state index in [-0.39, 0.29) is 0 Å². The van der Waals surface area contributed by atoms with E-state index in [1.54, 1.807) is 5.56 Å². The molecule has 3 aliphatic rings. The topological polar surface area (TPSA) is 15.3 Å². The SMILES string of the molecule is C[C@@H]1Cc2cc(C3=CCNCC3)ccc2N(C)[C@H]1C1CC1. The van der Waals surface area contributed by atoms with Crippen LogP contribution in [-0.4, -0.2) is 26.2 Å². The van der Waals surface area contributed by atoms with Crippen molar-refractivity contribution in [2.75, 3.05) is 25.0 Å². The summed E-state index contributed by atoms with van der Waals surface area (Å²) in [7, 11) is 2.31. The molecule has 1 aromatic carbocycles. The van der Waals surface area contributed by atoms with Crippen molar-refractivity contribution >= 4 is 11.3 Å². The van der Waals surface area contributed by atoms with E-state index in [1.165, 1.54) is 36.1 Å². The summed E-state index contributed by atoms with van der Waals surface area (Å²) in [6, 6.07) is 7.94. The molecule has 2 atom stereocenters. The van der Waals surface area contributed by atoms with Gasteiger partial charge in [0, 0.05) is 25.3 Å². The lowest BCUT2D eigenvalue weighted by Crippen LogP contribution is -2.43. The third kappa shape index (κ3) is 2.40.